The lowest BCUT2D eigenvalue weighted by atomic mass is 9.88. The van der Waals surface area contributed by atoms with E-state index in [1.165, 1.54) is 46.4 Å². The Balaban J connectivity index is 1.30. The van der Waals surface area contributed by atoms with Gasteiger partial charge in [-0.2, -0.15) is 0 Å². The van der Waals surface area contributed by atoms with Gasteiger partial charge in [0.15, 0.2) is 4.34 Å². The minimum Gasteiger partial charge on any atom is -0.349 e. The van der Waals surface area contributed by atoms with Gasteiger partial charge in [-0.1, -0.05) is 47.4 Å². The molecule has 1 aliphatic rings. The van der Waals surface area contributed by atoms with Crippen molar-refractivity contribution in [2.45, 2.75) is 29.6 Å². The number of nitrogens with zero attached hydrogens (tertiary/aromatic N) is 2. The Morgan fingerprint density at radius 3 is 2.86 bits per heavy atom. The minimum absolute atomic E-state index is 0.00468. The summed E-state index contributed by atoms with van der Waals surface area (Å²) in [4.78, 5) is 12.4. The van der Waals surface area contributed by atoms with Crippen molar-refractivity contribution in [3.63, 3.8) is 0 Å². The van der Waals surface area contributed by atoms with E-state index >= 15 is 0 Å². The zero-order chi connectivity index (χ0) is 19.3. The van der Waals surface area contributed by atoms with Crippen LogP contribution in [0.1, 0.15) is 30.0 Å². The Labute approximate surface area is 170 Å². The molecule has 5 nitrogen and oxygen atoms in total. The summed E-state index contributed by atoms with van der Waals surface area (Å²) in [5.41, 5.74) is 3.30. The number of hydrogen-bond acceptors (Lipinski definition) is 6. The second kappa shape index (κ2) is 8.70. The molecule has 2 N–H and O–H groups in total. The van der Waals surface area contributed by atoms with E-state index in [9.17, 15) is 9.18 Å². The number of thioether (sulfide) groups is 1. The molecule has 0 aliphatic heterocycles. The third kappa shape index (κ3) is 4.69. The molecule has 1 aliphatic carbocycles. The molecular weight excluding hydrogens is 395 g/mol. The maximum absolute atomic E-state index is 13.0. The van der Waals surface area contributed by atoms with Gasteiger partial charge < -0.3 is 10.6 Å². The van der Waals surface area contributed by atoms with Gasteiger partial charge in [0.25, 0.3) is 0 Å². The molecule has 0 unspecified atom stereocenters. The van der Waals surface area contributed by atoms with Crippen molar-refractivity contribution >= 4 is 39.8 Å². The average molecular weight is 415 g/mol. The molecule has 0 spiro atoms. The second-order valence-electron chi connectivity index (χ2n) is 6.50. The van der Waals surface area contributed by atoms with E-state index in [0.717, 1.165) is 24.9 Å². The number of carbonyl (C=O) groups is 1. The smallest absolute Gasteiger partial charge is 0.230 e. The van der Waals surface area contributed by atoms with Crippen LogP contribution in [0, 0.1) is 5.82 Å². The molecule has 0 bridgehead atoms. The minimum atomic E-state index is -0.286. The Bertz CT molecular complexity index is 961. The van der Waals surface area contributed by atoms with Crippen LogP contribution in [0.25, 0.3) is 0 Å². The first-order chi connectivity index (χ1) is 13.7. The highest BCUT2D eigenvalue weighted by Crippen LogP contribution is 2.30. The summed E-state index contributed by atoms with van der Waals surface area (Å²) in [6.45, 7) is 0. The van der Waals surface area contributed by atoms with Gasteiger partial charge in [0.2, 0.25) is 11.0 Å². The van der Waals surface area contributed by atoms with Crippen molar-refractivity contribution in [3.05, 3.63) is 65.5 Å². The number of aryl methyl sites for hydroxylation is 1. The third-order valence-corrected chi connectivity index (χ3v) is 6.51. The number of anilines is 2. The zero-order valence-corrected chi connectivity index (χ0v) is 16.7. The van der Waals surface area contributed by atoms with Gasteiger partial charge in [0.05, 0.1) is 11.8 Å². The van der Waals surface area contributed by atoms with Crippen LogP contribution in [0.15, 0.2) is 52.9 Å². The molecule has 1 heterocycles. The molecule has 28 heavy (non-hydrogen) atoms. The number of carbonyl (C=O) groups excluding carboxylic acids is 1. The largest absolute Gasteiger partial charge is 0.349 e. The highest BCUT2D eigenvalue weighted by Gasteiger charge is 2.21. The van der Waals surface area contributed by atoms with Crippen LogP contribution in [0.2, 0.25) is 0 Å². The van der Waals surface area contributed by atoms with Gasteiger partial charge in [-0.25, -0.2) is 4.39 Å². The van der Waals surface area contributed by atoms with Gasteiger partial charge >= 0.3 is 0 Å². The molecule has 0 saturated heterocycles. The Morgan fingerprint density at radius 1 is 1.18 bits per heavy atom. The molecule has 1 amide bonds. The van der Waals surface area contributed by atoms with Crippen LogP contribution >= 0.6 is 23.1 Å². The summed E-state index contributed by atoms with van der Waals surface area (Å²) in [7, 11) is 0. The molecule has 3 aromatic rings. The molecular formula is C20H19FN4OS2. The predicted octanol–water partition coefficient (Wildman–Crippen LogP) is 4.71. The number of amides is 1. The second-order valence-corrected chi connectivity index (χ2v) is 8.70. The number of aromatic nitrogens is 2. The Kier molecular flexibility index (Phi) is 5.87. The SMILES string of the molecule is O=C(CSc1nnc(Nc2ccc(F)cc2)s1)N[C@H]1CCCc2ccccc21. The molecule has 0 fully saturated rings. The first-order valence-corrected chi connectivity index (χ1v) is 10.8. The molecule has 1 atom stereocenters. The standard InChI is InChI=1S/C20H19FN4OS2/c21-14-8-10-15(11-9-14)22-19-24-25-20(28-19)27-12-18(26)23-17-7-3-5-13-4-1-2-6-16(13)17/h1-2,4,6,8-11,17H,3,5,7,12H2,(H,22,24)(H,23,26)/t17-/m0/s1. The molecule has 4 rings (SSSR count). The fourth-order valence-corrected chi connectivity index (χ4v) is 4.83. The summed E-state index contributed by atoms with van der Waals surface area (Å²) in [6, 6.07) is 14.4. The lowest BCUT2D eigenvalue weighted by molar-refractivity contribution is -0.119. The Hall–Kier alpha value is -2.45. The Morgan fingerprint density at radius 2 is 2.00 bits per heavy atom. The quantitative estimate of drug-likeness (QED) is 0.572. The lowest BCUT2D eigenvalue weighted by Gasteiger charge is -2.26. The van der Waals surface area contributed by atoms with Gasteiger partial charge in [-0.15, -0.1) is 10.2 Å². The van der Waals surface area contributed by atoms with Crippen molar-refractivity contribution in [1.29, 1.82) is 0 Å². The van der Waals surface area contributed by atoms with E-state index < -0.39 is 0 Å². The van der Waals surface area contributed by atoms with E-state index in [2.05, 4.69) is 33.0 Å². The molecule has 8 heteroatoms. The summed E-state index contributed by atoms with van der Waals surface area (Å²) < 4.78 is 13.7. The molecule has 144 valence electrons. The van der Waals surface area contributed by atoms with E-state index in [0.29, 0.717) is 15.2 Å². The van der Waals surface area contributed by atoms with Crippen LogP contribution in [-0.2, 0) is 11.2 Å². The van der Waals surface area contributed by atoms with Crippen molar-refractivity contribution in [2.24, 2.45) is 0 Å². The fourth-order valence-electron chi connectivity index (χ4n) is 3.24. The first kappa shape index (κ1) is 18.9. The monoisotopic (exact) mass is 414 g/mol. The molecule has 0 saturated carbocycles. The average Bonchev–Trinajstić information content (AvgIpc) is 3.16. The summed E-state index contributed by atoms with van der Waals surface area (Å²) in [6.07, 6.45) is 3.13. The van der Waals surface area contributed by atoms with Crippen molar-refractivity contribution < 1.29 is 9.18 Å². The van der Waals surface area contributed by atoms with Gasteiger partial charge in [-0.3, -0.25) is 4.79 Å². The van der Waals surface area contributed by atoms with Gasteiger partial charge in [0, 0.05) is 5.69 Å². The van der Waals surface area contributed by atoms with E-state index in [1.807, 2.05) is 12.1 Å². The molecule has 1 aromatic heterocycles. The van der Waals surface area contributed by atoms with E-state index in [1.54, 1.807) is 12.1 Å². The van der Waals surface area contributed by atoms with Crippen LogP contribution < -0.4 is 10.6 Å². The number of hydrogen-bond donors (Lipinski definition) is 2. The van der Waals surface area contributed by atoms with E-state index in [4.69, 9.17) is 0 Å². The van der Waals surface area contributed by atoms with Crippen LogP contribution in [0.3, 0.4) is 0 Å². The van der Waals surface area contributed by atoms with Gasteiger partial charge in [-0.05, 0) is 54.7 Å². The molecule has 2 aromatic carbocycles. The molecule has 0 radical (unpaired) electrons. The fraction of sp³-hybridized carbons (Fsp3) is 0.250. The number of halogens is 1. The number of nitrogens with one attached hydrogen (secondary N) is 2. The maximum atomic E-state index is 13.0. The van der Waals surface area contributed by atoms with Crippen molar-refractivity contribution in [3.8, 4) is 0 Å². The van der Waals surface area contributed by atoms with Gasteiger partial charge in [0.1, 0.15) is 5.82 Å². The van der Waals surface area contributed by atoms with Crippen molar-refractivity contribution in [2.75, 3.05) is 11.1 Å². The van der Waals surface area contributed by atoms with E-state index in [-0.39, 0.29) is 17.8 Å². The number of rotatable bonds is 6. The summed E-state index contributed by atoms with van der Waals surface area (Å²) in [5, 5.41) is 15.0. The first-order valence-electron chi connectivity index (χ1n) is 9.03. The summed E-state index contributed by atoms with van der Waals surface area (Å²) >= 11 is 2.73. The zero-order valence-electron chi connectivity index (χ0n) is 15.0. The maximum Gasteiger partial charge on any atom is 0.230 e. The van der Waals surface area contributed by atoms with Crippen LogP contribution in [-0.4, -0.2) is 21.9 Å². The predicted molar refractivity (Wildman–Crippen MR) is 111 cm³/mol. The third-order valence-electron chi connectivity index (χ3n) is 4.53. The van der Waals surface area contributed by atoms with Crippen molar-refractivity contribution in [1.82, 2.24) is 15.5 Å². The number of benzene rings is 2. The van der Waals surface area contributed by atoms with Crippen LogP contribution in [0.4, 0.5) is 15.2 Å². The number of fused-ring (bicyclic) bond motifs is 1. The highest BCUT2D eigenvalue weighted by atomic mass is 32.2. The summed E-state index contributed by atoms with van der Waals surface area (Å²) in [5.74, 6) is 0.00438. The topological polar surface area (TPSA) is 66.9 Å². The lowest BCUT2D eigenvalue weighted by Crippen LogP contribution is -2.32. The highest BCUT2D eigenvalue weighted by molar-refractivity contribution is 8.01. The van der Waals surface area contributed by atoms with Crippen LogP contribution in [0.5, 0.6) is 0 Å². The normalized spacial score (nSPS) is 15.7.